The predicted octanol–water partition coefficient (Wildman–Crippen LogP) is 4.24. The van der Waals surface area contributed by atoms with Crippen molar-refractivity contribution < 1.29 is 41.4 Å². The highest BCUT2D eigenvalue weighted by Crippen LogP contribution is 2.31. The Kier molecular flexibility index (Phi) is 10.5. The molecule has 44 heavy (non-hydrogen) atoms. The van der Waals surface area contributed by atoms with E-state index < -0.39 is 23.8 Å². The van der Waals surface area contributed by atoms with Crippen LogP contribution < -0.4 is 15.0 Å². The van der Waals surface area contributed by atoms with E-state index in [1.54, 1.807) is 0 Å². The number of amides is 1. The summed E-state index contributed by atoms with van der Waals surface area (Å²) < 4.78 is 64.8. The molecule has 10 nitrogen and oxygen atoms in total. The van der Waals surface area contributed by atoms with Crippen LogP contribution in [0.5, 0.6) is 5.75 Å². The van der Waals surface area contributed by atoms with Gasteiger partial charge in [0.05, 0.1) is 24.0 Å². The first-order valence-electron chi connectivity index (χ1n) is 14.5. The number of nitrogens with zero attached hydrogens (tertiary/aromatic N) is 5. The van der Waals surface area contributed by atoms with Crippen LogP contribution in [0, 0.1) is 11.6 Å². The van der Waals surface area contributed by atoms with Gasteiger partial charge in [-0.3, -0.25) is 9.69 Å². The highest BCUT2D eigenvalue weighted by atomic mass is 19.4. The number of nitrogens with one attached hydrogen (secondary N) is 1. The summed E-state index contributed by atoms with van der Waals surface area (Å²) in [7, 11) is 2.02. The third-order valence-corrected chi connectivity index (χ3v) is 7.71. The van der Waals surface area contributed by atoms with E-state index in [2.05, 4.69) is 29.0 Å². The number of carboxylic acid groups (broad SMARTS) is 1. The van der Waals surface area contributed by atoms with Crippen molar-refractivity contribution in [2.24, 2.45) is 0 Å². The Morgan fingerprint density at radius 2 is 1.73 bits per heavy atom. The molecule has 0 saturated carbocycles. The average molecular weight is 629 g/mol. The first-order valence-corrected chi connectivity index (χ1v) is 14.5. The number of ether oxygens (including phenoxy) is 1. The third-order valence-electron chi connectivity index (χ3n) is 7.71. The van der Waals surface area contributed by atoms with Crippen LogP contribution in [0.15, 0.2) is 18.2 Å². The lowest BCUT2D eigenvalue weighted by atomic mass is 10.1. The molecule has 2 aromatic rings. The molecule has 15 heteroatoms. The fourth-order valence-electron chi connectivity index (χ4n) is 5.47. The van der Waals surface area contributed by atoms with Gasteiger partial charge < -0.3 is 25.0 Å². The minimum Gasteiger partial charge on any atom is -0.487 e. The monoisotopic (exact) mass is 628 g/mol. The number of rotatable bonds is 6. The number of carbonyl (C=O) groups excluding carboxylic acids is 1. The van der Waals surface area contributed by atoms with Gasteiger partial charge in [-0.1, -0.05) is 0 Å². The second-order valence-electron chi connectivity index (χ2n) is 11.4. The number of likely N-dealkylation sites (N-methyl/N-ethyl adjacent to an activating group) is 1. The molecule has 2 fully saturated rings. The highest BCUT2D eigenvalue weighted by Gasteiger charge is 2.38. The molecule has 1 aromatic heterocycles. The van der Waals surface area contributed by atoms with Crippen LogP contribution in [0.25, 0.3) is 0 Å². The molecule has 0 bridgehead atoms. The number of hydrogen-bond donors (Lipinski definition) is 2. The molecule has 1 aromatic carbocycles. The Morgan fingerprint density at radius 1 is 1.05 bits per heavy atom. The van der Waals surface area contributed by atoms with E-state index in [1.807, 2.05) is 11.9 Å². The minimum atomic E-state index is -5.08. The Balaban J connectivity index is 0.000000566. The molecule has 242 valence electrons. The van der Waals surface area contributed by atoms with Gasteiger partial charge in [0.15, 0.2) is 23.2 Å². The standard InChI is InChI=1S/C27H36F2N6O2.C2HF3O2/c1-17(2)30-25-26(34-12-8-19(9-13-34)37-24-7-6-18(28)15-20(24)29)32-21-10-14-35(16-22(21)31-25)27(36)23-5-4-11-33(23)3;3-2(4,5)1(6)7/h6-7,15,17,19,23H,4-5,8-14,16H2,1-3H3,(H,30,31);(H,6,7)/t23-;/m0./s1. The van der Waals surface area contributed by atoms with Gasteiger partial charge >= 0.3 is 12.1 Å². The van der Waals surface area contributed by atoms with Gasteiger partial charge in [-0.2, -0.15) is 13.2 Å². The second kappa shape index (κ2) is 13.9. The van der Waals surface area contributed by atoms with Gasteiger partial charge in [0, 0.05) is 51.0 Å². The SMILES string of the molecule is CC(C)Nc1nc2c(nc1N1CCC(Oc3ccc(F)cc3F)CC1)CCN(C(=O)[C@@H]1CCCN1C)C2.O=C(O)C(F)(F)F. The van der Waals surface area contributed by atoms with Gasteiger partial charge in [-0.05, 0) is 52.4 Å². The number of anilines is 2. The molecule has 5 rings (SSSR count). The Labute approximate surface area is 252 Å². The second-order valence-corrected chi connectivity index (χ2v) is 11.4. The quantitative estimate of drug-likeness (QED) is 0.454. The Bertz CT molecular complexity index is 1340. The Hall–Kier alpha value is -3.75. The zero-order chi connectivity index (χ0) is 32.2. The zero-order valence-electron chi connectivity index (χ0n) is 24.8. The molecule has 0 unspecified atom stereocenters. The van der Waals surface area contributed by atoms with Gasteiger partial charge in [0.25, 0.3) is 0 Å². The number of carboxylic acids is 1. The van der Waals surface area contributed by atoms with Crippen LogP contribution in [-0.4, -0.2) is 94.3 Å². The molecule has 0 radical (unpaired) electrons. The van der Waals surface area contributed by atoms with E-state index in [0.717, 1.165) is 48.5 Å². The number of hydrogen-bond acceptors (Lipinski definition) is 8. The lowest BCUT2D eigenvalue weighted by Crippen LogP contribution is -2.46. The maximum atomic E-state index is 14.0. The summed E-state index contributed by atoms with van der Waals surface area (Å²) >= 11 is 0. The fraction of sp³-hybridized carbons (Fsp3) is 0.586. The molecule has 1 amide bonds. The summed E-state index contributed by atoms with van der Waals surface area (Å²) in [5, 5.41) is 10.6. The van der Waals surface area contributed by atoms with Crippen LogP contribution in [0.4, 0.5) is 33.6 Å². The van der Waals surface area contributed by atoms with Gasteiger partial charge in [0.2, 0.25) is 5.91 Å². The third kappa shape index (κ3) is 8.24. The number of aliphatic carboxylic acids is 1. The van der Waals surface area contributed by atoms with Crippen molar-refractivity contribution >= 4 is 23.5 Å². The summed E-state index contributed by atoms with van der Waals surface area (Å²) in [6, 6.07) is 3.53. The maximum Gasteiger partial charge on any atom is 0.490 e. The molecular formula is C29H37F5N6O4. The lowest BCUT2D eigenvalue weighted by Gasteiger charge is -2.36. The normalized spacial score (nSPS) is 19.3. The summed E-state index contributed by atoms with van der Waals surface area (Å²) in [6.07, 6.45) is -1.21. The number of benzene rings is 1. The van der Waals surface area contributed by atoms with E-state index in [4.69, 9.17) is 24.6 Å². The molecule has 0 aliphatic carbocycles. The topological polar surface area (TPSA) is 111 Å². The van der Waals surface area contributed by atoms with Crippen molar-refractivity contribution in [2.45, 2.75) is 76.9 Å². The highest BCUT2D eigenvalue weighted by molar-refractivity contribution is 5.82. The van der Waals surface area contributed by atoms with Crippen molar-refractivity contribution in [3.05, 3.63) is 41.2 Å². The van der Waals surface area contributed by atoms with Crippen LogP contribution in [-0.2, 0) is 22.6 Å². The first kappa shape index (κ1) is 33.1. The Morgan fingerprint density at radius 3 is 2.30 bits per heavy atom. The molecule has 2 saturated heterocycles. The number of carbonyl (C=O) groups is 2. The van der Waals surface area contributed by atoms with Gasteiger partial charge in [-0.25, -0.2) is 23.5 Å². The summed E-state index contributed by atoms with van der Waals surface area (Å²) in [4.78, 5) is 38.3. The number of piperidine rings is 1. The van der Waals surface area contributed by atoms with E-state index in [-0.39, 0.29) is 29.8 Å². The largest absolute Gasteiger partial charge is 0.490 e. The maximum absolute atomic E-state index is 14.0. The van der Waals surface area contributed by atoms with E-state index in [1.165, 1.54) is 12.1 Å². The van der Waals surface area contributed by atoms with Crippen LogP contribution >= 0.6 is 0 Å². The number of fused-ring (bicyclic) bond motifs is 1. The summed E-state index contributed by atoms with van der Waals surface area (Å²) in [5.41, 5.74) is 1.80. The first-order chi connectivity index (χ1) is 20.7. The smallest absolute Gasteiger partial charge is 0.487 e. The predicted molar refractivity (Wildman–Crippen MR) is 151 cm³/mol. The van der Waals surface area contributed by atoms with E-state index in [0.29, 0.717) is 45.4 Å². The molecule has 3 aliphatic heterocycles. The van der Waals surface area contributed by atoms with Crippen LogP contribution in [0.1, 0.15) is 50.9 Å². The summed E-state index contributed by atoms with van der Waals surface area (Å²) in [6.45, 7) is 7.60. The molecule has 1 atom stereocenters. The number of alkyl halides is 3. The number of aromatic nitrogens is 2. The van der Waals surface area contributed by atoms with Gasteiger partial charge in [-0.15, -0.1) is 0 Å². The fourth-order valence-corrected chi connectivity index (χ4v) is 5.47. The van der Waals surface area contributed by atoms with Crippen molar-refractivity contribution in [1.82, 2.24) is 19.8 Å². The average Bonchev–Trinajstić information content (AvgIpc) is 3.39. The van der Waals surface area contributed by atoms with Crippen molar-refractivity contribution in [3.63, 3.8) is 0 Å². The minimum absolute atomic E-state index is 0.0334. The number of halogens is 5. The van der Waals surface area contributed by atoms with E-state index in [9.17, 15) is 26.7 Å². The van der Waals surface area contributed by atoms with Crippen LogP contribution in [0.3, 0.4) is 0 Å². The molecular weight excluding hydrogens is 591 g/mol. The molecule has 2 N–H and O–H groups in total. The van der Waals surface area contributed by atoms with Crippen molar-refractivity contribution in [3.8, 4) is 5.75 Å². The van der Waals surface area contributed by atoms with Crippen molar-refractivity contribution in [1.29, 1.82) is 0 Å². The molecule has 4 heterocycles. The lowest BCUT2D eigenvalue weighted by molar-refractivity contribution is -0.192. The summed E-state index contributed by atoms with van der Waals surface area (Å²) in [5.74, 6) is -2.24. The van der Waals surface area contributed by atoms with Crippen molar-refractivity contribution in [2.75, 3.05) is 43.4 Å². The number of likely N-dealkylation sites (tertiary alicyclic amines) is 1. The molecule has 3 aliphatic rings. The van der Waals surface area contributed by atoms with Crippen LogP contribution in [0.2, 0.25) is 0 Å². The van der Waals surface area contributed by atoms with E-state index >= 15 is 0 Å². The zero-order valence-corrected chi connectivity index (χ0v) is 24.8. The van der Waals surface area contributed by atoms with Gasteiger partial charge in [0.1, 0.15) is 11.9 Å². The molecule has 0 spiro atoms.